The maximum absolute atomic E-state index is 12.8. The van der Waals surface area contributed by atoms with Crippen LogP contribution in [0, 0.1) is 0 Å². The van der Waals surface area contributed by atoms with Crippen molar-refractivity contribution >= 4 is 23.2 Å². The highest BCUT2D eigenvalue weighted by molar-refractivity contribution is 6.31. The Labute approximate surface area is 129 Å². The van der Waals surface area contributed by atoms with Crippen molar-refractivity contribution in [3.63, 3.8) is 0 Å². The molecule has 110 valence electrons. The summed E-state index contributed by atoms with van der Waals surface area (Å²) in [5.41, 5.74) is 8.02. The molecule has 2 N–H and O–H groups in total. The zero-order chi connectivity index (χ0) is 15.0. The van der Waals surface area contributed by atoms with Gasteiger partial charge in [0, 0.05) is 24.8 Å². The van der Waals surface area contributed by atoms with Gasteiger partial charge in [0.2, 0.25) is 0 Å². The summed E-state index contributed by atoms with van der Waals surface area (Å²) in [4.78, 5) is 14.7. The zero-order valence-corrected chi connectivity index (χ0v) is 12.7. The maximum atomic E-state index is 12.8. The molecule has 3 rings (SSSR count). The Kier molecular flexibility index (Phi) is 3.64. The van der Waals surface area contributed by atoms with E-state index in [9.17, 15) is 4.79 Å². The van der Waals surface area contributed by atoms with Crippen molar-refractivity contribution in [1.29, 1.82) is 0 Å². The lowest BCUT2D eigenvalue weighted by atomic mass is 10.0. The highest BCUT2D eigenvalue weighted by atomic mass is 35.5. The van der Waals surface area contributed by atoms with E-state index in [4.69, 9.17) is 17.3 Å². The van der Waals surface area contributed by atoms with Gasteiger partial charge in [-0.05, 0) is 30.5 Å². The Morgan fingerprint density at radius 1 is 1.38 bits per heavy atom. The molecule has 1 fully saturated rings. The number of rotatable bonds is 2. The van der Waals surface area contributed by atoms with E-state index >= 15 is 0 Å². The number of anilines is 1. The number of nitrogens with zero attached hydrogens (tertiary/aromatic N) is 2. The van der Waals surface area contributed by atoms with Gasteiger partial charge in [-0.25, -0.2) is 0 Å². The minimum Gasteiger partial charge on any atom is -0.397 e. The number of halogens is 1. The Bertz CT molecular complexity index is 680. The molecule has 0 aliphatic carbocycles. The molecule has 5 heteroatoms. The summed E-state index contributed by atoms with van der Waals surface area (Å²) in [5, 5.41) is 0.716. The number of hydrogen-bond acceptors (Lipinski definition) is 2. The normalized spacial score (nSPS) is 18.2. The van der Waals surface area contributed by atoms with Crippen LogP contribution in [0.3, 0.4) is 0 Å². The van der Waals surface area contributed by atoms with Crippen LogP contribution in [0.15, 0.2) is 36.5 Å². The lowest BCUT2D eigenvalue weighted by molar-refractivity contribution is 0.0726. The molecule has 0 radical (unpaired) electrons. The first kappa shape index (κ1) is 14.0. The van der Waals surface area contributed by atoms with E-state index in [-0.39, 0.29) is 11.9 Å². The van der Waals surface area contributed by atoms with Crippen molar-refractivity contribution in [2.75, 3.05) is 12.3 Å². The van der Waals surface area contributed by atoms with Crippen LogP contribution in [-0.2, 0) is 7.05 Å². The average Bonchev–Trinajstić information content (AvgIpc) is 3.05. The fraction of sp³-hybridized carbons (Fsp3) is 0.312. The fourth-order valence-corrected chi connectivity index (χ4v) is 3.29. The second-order valence-electron chi connectivity index (χ2n) is 5.45. The summed E-state index contributed by atoms with van der Waals surface area (Å²) in [6.07, 6.45) is 3.69. The van der Waals surface area contributed by atoms with Crippen molar-refractivity contribution in [3.8, 4) is 0 Å². The van der Waals surface area contributed by atoms with Crippen LogP contribution in [0.5, 0.6) is 0 Å². The molecular formula is C16H18ClN3O. The van der Waals surface area contributed by atoms with Crippen molar-refractivity contribution < 1.29 is 4.79 Å². The van der Waals surface area contributed by atoms with E-state index < -0.39 is 0 Å². The number of benzene rings is 1. The van der Waals surface area contributed by atoms with Gasteiger partial charge in [-0.1, -0.05) is 29.8 Å². The molecule has 1 aliphatic heterocycles. The number of aromatic nitrogens is 1. The summed E-state index contributed by atoms with van der Waals surface area (Å²) in [7, 11) is 1.84. The molecule has 2 heterocycles. The number of carbonyl (C=O) groups is 1. The number of hydrogen-bond donors (Lipinski definition) is 1. The van der Waals surface area contributed by atoms with Gasteiger partial charge in [0.05, 0.1) is 11.7 Å². The second-order valence-corrected chi connectivity index (χ2v) is 5.85. The molecule has 0 saturated carbocycles. The lowest BCUT2D eigenvalue weighted by Crippen LogP contribution is -2.31. The van der Waals surface area contributed by atoms with Gasteiger partial charge in [0.25, 0.3) is 5.91 Å². The van der Waals surface area contributed by atoms with E-state index in [0.29, 0.717) is 16.4 Å². The number of likely N-dealkylation sites (tertiary alicyclic amines) is 1. The molecule has 0 spiro atoms. The minimum absolute atomic E-state index is 0.0108. The van der Waals surface area contributed by atoms with Gasteiger partial charge in [-0.15, -0.1) is 0 Å². The summed E-state index contributed by atoms with van der Waals surface area (Å²) < 4.78 is 1.78. The van der Waals surface area contributed by atoms with Crippen LogP contribution >= 0.6 is 11.6 Å². The average molecular weight is 304 g/mol. The van der Waals surface area contributed by atoms with Crippen molar-refractivity contribution in [2.45, 2.75) is 18.9 Å². The number of carbonyl (C=O) groups excluding carboxylic acids is 1. The Balaban J connectivity index is 1.93. The monoisotopic (exact) mass is 303 g/mol. The quantitative estimate of drug-likeness (QED) is 0.926. The van der Waals surface area contributed by atoms with Crippen LogP contribution in [0.2, 0.25) is 5.02 Å². The molecule has 1 atom stereocenters. The molecule has 1 aromatic heterocycles. The summed E-state index contributed by atoms with van der Waals surface area (Å²) in [6, 6.07) is 9.51. The molecule has 21 heavy (non-hydrogen) atoms. The maximum Gasteiger partial charge on any atom is 0.271 e. The third-order valence-corrected chi connectivity index (χ3v) is 4.37. The first-order chi connectivity index (χ1) is 10.1. The van der Waals surface area contributed by atoms with E-state index in [1.165, 1.54) is 0 Å². The van der Waals surface area contributed by atoms with E-state index in [2.05, 4.69) is 0 Å². The molecular weight excluding hydrogens is 286 g/mol. The topological polar surface area (TPSA) is 51.3 Å². The summed E-state index contributed by atoms with van der Waals surface area (Å²) in [6.45, 7) is 0.750. The first-order valence-electron chi connectivity index (χ1n) is 7.05. The molecule has 1 amide bonds. The molecule has 1 saturated heterocycles. The van der Waals surface area contributed by atoms with Crippen molar-refractivity contribution in [2.24, 2.45) is 7.05 Å². The fourth-order valence-electron chi connectivity index (χ4n) is 3.03. The van der Waals surface area contributed by atoms with Crippen molar-refractivity contribution in [1.82, 2.24) is 9.47 Å². The highest BCUT2D eigenvalue weighted by Crippen LogP contribution is 2.36. The van der Waals surface area contributed by atoms with Gasteiger partial charge in [-0.3, -0.25) is 4.79 Å². The molecule has 1 aliphatic rings. The van der Waals surface area contributed by atoms with Crippen molar-refractivity contribution in [3.05, 3.63) is 52.8 Å². The number of aryl methyl sites for hydroxylation is 1. The van der Waals surface area contributed by atoms with E-state index in [1.54, 1.807) is 16.8 Å². The first-order valence-corrected chi connectivity index (χ1v) is 7.43. The van der Waals surface area contributed by atoms with Crippen LogP contribution in [-0.4, -0.2) is 21.9 Å². The van der Waals surface area contributed by atoms with Crippen LogP contribution in [0.4, 0.5) is 5.69 Å². The standard InChI is InChI=1S/C16H18ClN3O/c1-19-10-11(18)9-15(19)16(21)20-8-4-7-14(20)12-5-2-3-6-13(12)17/h2-3,5-6,9-10,14H,4,7-8,18H2,1H3. The number of nitrogens with two attached hydrogens (primary N) is 1. The van der Waals surface area contributed by atoms with Gasteiger partial charge in [0.15, 0.2) is 0 Å². The molecule has 1 unspecified atom stereocenters. The van der Waals surface area contributed by atoms with Crippen LogP contribution < -0.4 is 5.73 Å². The summed E-state index contributed by atoms with van der Waals surface area (Å²) >= 11 is 6.29. The Hall–Kier alpha value is -1.94. The zero-order valence-electron chi connectivity index (χ0n) is 11.9. The summed E-state index contributed by atoms with van der Waals surface area (Å²) in [5.74, 6) is 0.0108. The molecule has 0 bridgehead atoms. The highest BCUT2D eigenvalue weighted by Gasteiger charge is 2.32. The van der Waals surface area contributed by atoms with Crippen LogP contribution in [0.25, 0.3) is 0 Å². The predicted molar refractivity (Wildman–Crippen MR) is 84.3 cm³/mol. The van der Waals surface area contributed by atoms with E-state index in [1.807, 2.05) is 36.2 Å². The van der Waals surface area contributed by atoms with Gasteiger partial charge in [0.1, 0.15) is 5.69 Å². The SMILES string of the molecule is Cn1cc(N)cc1C(=O)N1CCCC1c1ccccc1Cl. The smallest absolute Gasteiger partial charge is 0.271 e. The van der Waals surface area contributed by atoms with Gasteiger partial charge >= 0.3 is 0 Å². The minimum atomic E-state index is 0.0108. The number of amides is 1. The van der Waals surface area contributed by atoms with Gasteiger partial charge < -0.3 is 15.2 Å². The molecule has 2 aromatic rings. The lowest BCUT2D eigenvalue weighted by Gasteiger charge is -2.26. The molecule has 4 nitrogen and oxygen atoms in total. The largest absolute Gasteiger partial charge is 0.397 e. The van der Waals surface area contributed by atoms with E-state index in [0.717, 1.165) is 24.9 Å². The Morgan fingerprint density at radius 3 is 2.81 bits per heavy atom. The Morgan fingerprint density at radius 2 is 2.14 bits per heavy atom. The number of nitrogen functional groups attached to an aromatic ring is 1. The van der Waals surface area contributed by atoms with Crippen LogP contribution in [0.1, 0.15) is 34.9 Å². The third kappa shape index (κ3) is 2.51. The van der Waals surface area contributed by atoms with Gasteiger partial charge in [-0.2, -0.15) is 0 Å². The third-order valence-electron chi connectivity index (χ3n) is 4.02. The predicted octanol–water partition coefficient (Wildman–Crippen LogP) is 3.24. The molecule has 1 aromatic carbocycles. The second kappa shape index (κ2) is 5.45.